The Morgan fingerprint density at radius 3 is 2.73 bits per heavy atom. The first-order chi connectivity index (χ1) is 14.0. The van der Waals surface area contributed by atoms with E-state index >= 15 is 0 Å². The fourth-order valence-corrected chi connectivity index (χ4v) is 5.00. The molecule has 0 amide bonds. The van der Waals surface area contributed by atoms with E-state index in [1.54, 1.807) is 0 Å². The number of pyridine rings is 1. The van der Waals surface area contributed by atoms with Crippen LogP contribution in [0.3, 0.4) is 0 Å². The number of aromatic nitrogens is 2. The second-order valence-corrected chi connectivity index (χ2v) is 9.78. The van der Waals surface area contributed by atoms with Crippen LogP contribution in [0.5, 0.6) is 0 Å². The molecular formula is C21H30F3N5O. The average molecular weight is 425 g/mol. The van der Waals surface area contributed by atoms with Crippen molar-refractivity contribution in [3.8, 4) is 0 Å². The SMILES string of the molecule is Cc1cc(C(F)(F)F)c2c(C3CCCN(CC4CNNC4C(C)(C)C)C3)noc2n1. The molecule has 30 heavy (non-hydrogen) atoms. The predicted octanol–water partition coefficient (Wildman–Crippen LogP) is 3.87. The van der Waals surface area contributed by atoms with E-state index in [1.807, 2.05) is 0 Å². The molecule has 2 aromatic rings. The summed E-state index contributed by atoms with van der Waals surface area (Å²) in [5, 5.41) is 4.09. The number of hydrazine groups is 1. The van der Waals surface area contributed by atoms with Crippen LogP contribution in [0, 0.1) is 18.3 Å². The zero-order valence-corrected chi connectivity index (χ0v) is 17.9. The lowest BCUT2D eigenvalue weighted by molar-refractivity contribution is -0.136. The molecule has 3 unspecified atom stereocenters. The van der Waals surface area contributed by atoms with Gasteiger partial charge in [-0.1, -0.05) is 25.9 Å². The highest BCUT2D eigenvalue weighted by Gasteiger charge is 2.40. The minimum Gasteiger partial charge on any atom is -0.336 e. The van der Waals surface area contributed by atoms with Crippen molar-refractivity contribution in [3.05, 3.63) is 23.0 Å². The standard InChI is InChI=1S/C21H30F3N5O/c1-12-8-15(21(22,23)24)16-17(28-30-19(16)26-12)13-6-5-7-29(10-13)11-14-9-25-27-18(14)20(2,3)4/h8,13-14,18,25,27H,5-7,9-11H2,1-4H3. The Hall–Kier alpha value is -1.71. The van der Waals surface area contributed by atoms with Gasteiger partial charge in [-0.2, -0.15) is 13.2 Å². The molecular weight excluding hydrogens is 395 g/mol. The van der Waals surface area contributed by atoms with Crippen molar-refractivity contribution in [1.29, 1.82) is 0 Å². The Bertz CT molecular complexity index is 904. The maximum atomic E-state index is 13.7. The maximum absolute atomic E-state index is 13.7. The van der Waals surface area contributed by atoms with Crippen molar-refractivity contribution in [2.45, 2.75) is 58.7 Å². The molecule has 0 saturated carbocycles. The van der Waals surface area contributed by atoms with Gasteiger partial charge in [-0.3, -0.25) is 10.9 Å². The average Bonchev–Trinajstić information content (AvgIpc) is 3.27. The third kappa shape index (κ3) is 4.20. The van der Waals surface area contributed by atoms with Gasteiger partial charge >= 0.3 is 6.18 Å². The third-order valence-electron chi connectivity index (χ3n) is 6.32. The van der Waals surface area contributed by atoms with E-state index in [0.717, 1.165) is 38.5 Å². The molecule has 0 aromatic carbocycles. The zero-order chi connectivity index (χ0) is 21.7. The predicted molar refractivity (Wildman–Crippen MR) is 108 cm³/mol. The van der Waals surface area contributed by atoms with Gasteiger partial charge in [0, 0.05) is 43.2 Å². The van der Waals surface area contributed by atoms with Crippen LogP contribution in [0.1, 0.15) is 56.5 Å². The summed E-state index contributed by atoms with van der Waals surface area (Å²) in [5.41, 5.74) is 6.73. The molecule has 4 heterocycles. The minimum atomic E-state index is -4.47. The molecule has 0 radical (unpaired) electrons. The summed E-state index contributed by atoms with van der Waals surface area (Å²) < 4.78 is 46.4. The number of piperidine rings is 1. The molecule has 2 fully saturated rings. The lowest BCUT2D eigenvalue weighted by Crippen LogP contribution is -2.46. The largest absolute Gasteiger partial charge is 0.417 e. The number of hydrogen-bond acceptors (Lipinski definition) is 6. The first kappa shape index (κ1) is 21.5. The van der Waals surface area contributed by atoms with Gasteiger partial charge in [0.25, 0.3) is 5.71 Å². The van der Waals surface area contributed by atoms with Crippen LogP contribution in [0.2, 0.25) is 0 Å². The zero-order valence-electron chi connectivity index (χ0n) is 17.9. The molecule has 6 nitrogen and oxygen atoms in total. The van der Waals surface area contributed by atoms with E-state index in [0.29, 0.717) is 24.2 Å². The first-order valence-corrected chi connectivity index (χ1v) is 10.6. The molecule has 2 aliphatic heterocycles. The topological polar surface area (TPSA) is 66.2 Å². The van der Waals surface area contributed by atoms with Gasteiger partial charge in [0.05, 0.1) is 16.6 Å². The van der Waals surface area contributed by atoms with E-state index < -0.39 is 11.7 Å². The number of likely N-dealkylation sites (tertiary alicyclic amines) is 1. The van der Waals surface area contributed by atoms with Crippen molar-refractivity contribution in [1.82, 2.24) is 25.9 Å². The monoisotopic (exact) mass is 425 g/mol. The van der Waals surface area contributed by atoms with Crippen molar-refractivity contribution in [2.75, 3.05) is 26.2 Å². The molecule has 9 heteroatoms. The molecule has 2 aliphatic rings. The molecule has 2 aromatic heterocycles. The van der Waals surface area contributed by atoms with Crippen molar-refractivity contribution < 1.29 is 17.7 Å². The number of fused-ring (bicyclic) bond motifs is 1. The van der Waals surface area contributed by atoms with Crippen LogP contribution >= 0.6 is 0 Å². The summed E-state index contributed by atoms with van der Waals surface area (Å²) in [6.45, 7) is 11.6. The number of rotatable bonds is 3. The molecule has 0 bridgehead atoms. The summed E-state index contributed by atoms with van der Waals surface area (Å²) in [7, 11) is 0. The van der Waals surface area contributed by atoms with Crippen LogP contribution in [0.4, 0.5) is 13.2 Å². The lowest BCUT2D eigenvalue weighted by atomic mass is 9.79. The number of nitrogens with zero attached hydrogens (tertiary/aromatic N) is 3. The molecule has 0 spiro atoms. The molecule has 4 rings (SSSR count). The van der Waals surface area contributed by atoms with Crippen LogP contribution < -0.4 is 10.9 Å². The fraction of sp³-hybridized carbons (Fsp3) is 0.714. The quantitative estimate of drug-likeness (QED) is 0.778. The summed E-state index contributed by atoms with van der Waals surface area (Å²) in [6.07, 6.45) is -2.75. The van der Waals surface area contributed by atoms with Crippen molar-refractivity contribution in [2.24, 2.45) is 11.3 Å². The number of alkyl halides is 3. The summed E-state index contributed by atoms with van der Waals surface area (Å²) in [5.74, 6) is 0.342. The number of hydrogen-bond donors (Lipinski definition) is 2. The van der Waals surface area contributed by atoms with Crippen LogP contribution in [0.25, 0.3) is 11.1 Å². The smallest absolute Gasteiger partial charge is 0.336 e. The van der Waals surface area contributed by atoms with Gasteiger partial charge in [0.1, 0.15) is 0 Å². The second-order valence-electron chi connectivity index (χ2n) is 9.78. The lowest BCUT2D eigenvalue weighted by Gasteiger charge is -2.37. The summed E-state index contributed by atoms with van der Waals surface area (Å²) >= 11 is 0. The van der Waals surface area contributed by atoms with E-state index in [-0.39, 0.29) is 28.1 Å². The Morgan fingerprint density at radius 1 is 1.27 bits per heavy atom. The molecule has 0 aliphatic carbocycles. The van der Waals surface area contributed by atoms with E-state index in [4.69, 9.17) is 4.52 Å². The molecule has 2 saturated heterocycles. The third-order valence-corrected chi connectivity index (χ3v) is 6.32. The molecule has 2 N–H and O–H groups in total. The first-order valence-electron chi connectivity index (χ1n) is 10.6. The number of aryl methyl sites for hydroxylation is 1. The van der Waals surface area contributed by atoms with Gasteiger partial charge in [0.15, 0.2) is 0 Å². The van der Waals surface area contributed by atoms with Gasteiger partial charge in [-0.25, -0.2) is 4.98 Å². The van der Waals surface area contributed by atoms with Crippen molar-refractivity contribution in [3.63, 3.8) is 0 Å². The molecule has 166 valence electrons. The van der Waals surface area contributed by atoms with Crippen LogP contribution in [-0.2, 0) is 6.18 Å². The fourth-order valence-electron chi connectivity index (χ4n) is 5.00. The number of halogens is 3. The van der Waals surface area contributed by atoms with E-state index in [2.05, 4.69) is 46.7 Å². The van der Waals surface area contributed by atoms with Crippen molar-refractivity contribution >= 4 is 11.1 Å². The second kappa shape index (κ2) is 7.76. The highest BCUT2D eigenvalue weighted by molar-refractivity contribution is 5.81. The van der Waals surface area contributed by atoms with Gasteiger partial charge < -0.3 is 9.42 Å². The summed E-state index contributed by atoms with van der Waals surface area (Å²) in [4.78, 5) is 6.51. The number of nitrogens with one attached hydrogen (secondary N) is 2. The highest BCUT2D eigenvalue weighted by Crippen LogP contribution is 2.40. The summed E-state index contributed by atoms with van der Waals surface area (Å²) in [6, 6.07) is 1.43. The Morgan fingerprint density at radius 2 is 2.03 bits per heavy atom. The minimum absolute atomic E-state index is 0.0218. The normalized spacial score (nSPS) is 26.6. The van der Waals surface area contributed by atoms with E-state index in [9.17, 15) is 13.2 Å². The van der Waals surface area contributed by atoms with Crippen LogP contribution in [0.15, 0.2) is 10.6 Å². The van der Waals surface area contributed by atoms with Gasteiger partial charge in [-0.15, -0.1) is 0 Å². The Labute approximate surface area is 174 Å². The van der Waals surface area contributed by atoms with Gasteiger partial charge in [-0.05, 0) is 37.8 Å². The van der Waals surface area contributed by atoms with E-state index in [1.165, 1.54) is 6.92 Å². The van der Waals surface area contributed by atoms with Crippen LogP contribution in [-0.4, -0.2) is 47.3 Å². The Balaban J connectivity index is 1.58. The maximum Gasteiger partial charge on any atom is 0.417 e. The Kier molecular flexibility index (Phi) is 5.57. The molecule has 3 atom stereocenters. The highest BCUT2D eigenvalue weighted by atomic mass is 19.4. The van der Waals surface area contributed by atoms with Gasteiger partial charge in [0.2, 0.25) is 0 Å².